The zero-order valence-corrected chi connectivity index (χ0v) is 20.9. The van der Waals surface area contributed by atoms with E-state index in [1.165, 1.54) is 31.5 Å². The van der Waals surface area contributed by atoms with Crippen LogP contribution in [0.15, 0.2) is 84.9 Å². The summed E-state index contributed by atoms with van der Waals surface area (Å²) >= 11 is 5.57. The molecule has 5 nitrogen and oxygen atoms in total. The van der Waals surface area contributed by atoms with Gasteiger partial charge in [-0.05, 0) is 79.9 Å². The Balaban J connectivity index is 1.32. The molecule has 1 heterocycles. The highest BCUT2D eigenvalue weighted by molar-refractivity contribution is 7.80. The maximum atomic E-state index is 13.1. The van der Waals surface area contributed by atoms with Gasteiger partial charge in [0.25, 0.3) is 0 Å². The van der Waals surface area contributed by atoms with E-state index in [1.807, 2.05) is 60.7 Å². The largest absolute Gasteiger partial charge is 0.354 e. The van der Waals surface area contributed by atoms with Crippen LogP contribution in [0, 0.1) is 0 Å². The predicted molar refractivity (Wildman–Crippen MR) is 148 cm³/mol. The summed E-state index contributed by atoms with van der Waals surface area (Å²) < 4.78 is 0. The number of thiocarbonyl (C=S) groups is 1. The van der Waals surface area contributed by atoms with Gasteiger partial charge < -0.3 is 20.9 Å². The molecule has 0 bridgehead atoms. The quantitative estimate of drug-likeness (QED) is 0.282. The molecular weight excluding hydrogens is 452 g/mol. The number of carbonyl (C=O) groups excluding carboxylic acids is 1. The summed E-state index contributed by atoms with van der Waals surface area (Å²) in [7, 11) is 0. The molecule has 1 saturated heterocycles. The molecule has 0 saturated carbocycles. The van der Waals surface area contributed by atoms with Crippen LogP contribution < -0.4 is 16.0 Å². The second-order valence-corrected chi connectivity index (χ2v) is 9.39. The van der Waals surface area contributed by atoms with Crippen LogP contribution >= 0.6 is 12.2 Å². The Hall–Kier alpha value is -3.22. The highest BCUT2D eigenvalue weighted by atomic mass is 32.1. The van der Waals surface area contributed by atoms with Gasteiger partial charge in [-0.1, -0.05) is 72.8 Å². The molecule has 6 heteroatoms. The Bertz CT molecular complexity index is 1070. The molecule has 3 aromatic rings. The number of anilines is 1. The van der Waals surface area contributed by atoms with E-state index in [1.54, 1.807) is 0 Å². The highest BCUT2D eigenvalue weighted by Gasteiger charge is 2.20. The predicted octanol–water partition coefficient (Wildman–Crippen LogP) is 4.85. The molecule has 182 valence electrons. The van der Waals surface area contributed by atoms with Gasteiger partial charge in [-0.15, -0.1) is 0 Å². The zero-order valence-electron chi connectivity index (χ0n) is 20.1. The van der Waals surface area contributed by atoms with Gasteiger partial charge in [-0.3, -0.25) is 4.79 Å². The van der Waals surface area contributed by atoms with Gasteiger partial charge in [0.2, 0.25) is 5.91 Å². The highest BCUT2D eigenvalue weighted by Crippen LogP contribution is 2.21. The summed E-state index contributed by atoms with van der Waals surface area (Å²) in [6, 6.07) is 28.0. The second-order valence-electron chi connectivity index (χ2n) is 8.98. The van der Waals surface area contributed by atoms with Crippen LogP contribution in [0.4, 0.5) is 5.69 Å². The standard InChI is InChI=1S/C29H34N4OS/c34-28(30-18-9-21-33-19-7-8-20-33)27(22-23-10-3-1-4-11-23)32-29(35)31-26-16-14-25(15-17-26)24-12-5-2-6-13-24/h1-6,10-17,27H,7-9,18-22H2,(H,30,34)(H2,31,32,35)/t27-/m0/s1. The fourth-order valence-electron chi connectivity index (χ4n) is 4.40. The van der Waals surface area contributed by atoms with Crippen LogP contribution in [0.3, 0.4) is 0 Å². The summed E-state index contributed by atoms with van der Waals surface area (Å²) in [5, 5.41) is 10.0. The number of benzene rings is 3. The minimum absolute atomic E-state index is 0.0288. The molecule has 1 amide bonds. The SMILES string of the molecule is O=C(NCCCN1CCCC1)[C@H](Cc1ccccc1)NC(=S)Nc1ccc(-c2ccccc2)cc1. The normalized spacial score (nSPS) is 14.3. The molecule has 0 radical (unpaired) electrons. The minimum atomic E-state index is -0.451. The van der Waals surface area contributed by atoms with E-state index in [0.717, 1.165) is 29.8 Å². The van der Waals surface area contributed by atoms with E-state index in [0.29, 0.717) is 18.1 Å². The second kappa shape index (κ2) is 13.0. The van der Waals surface area contributed by atoms with Crippen molar-refractivity contribution in [3.8, 4) is 11.1 Å². The molecule has 1 atom stereocenters. The molecule has 1 fully saturated rings. The van der Waals surface area contributed by atoms with Gasteiger partial charge in [-0.2, -0.15) is 0 Å². The molecule has 3 aromatic carbocycles. The summed E-state index contributed by atoms with van der Waals surface area (Å²) in [6.45, 7) is 4.07. The molecular formula is C29H34N4OS. The van der Waals surface area contributed by atoms with E-state index in [9.17, 15) is 4.79 Å². The number of nitrogens with one attached hydrogen (secondary N) is 3. The maximum Gasteiger partial charge on any atom is 0.242 e. The average Bonchev–Trinajstić information content (AvgIpc) is 3.41. The number of nitrogens with zero attached hydrogens (tertiary/aromatic N) is 1. The monoisotopic (exact) mass is 486 g/mol. The van der Waals surface area contributed by atoms with Crippen LogP contribution in [-0.4, -0.2) is 48.1 Å². The van der Waals surface area contributed by atoms with Gasteiger partial charge in [-0.25, -0.2) is 0 Å². The summed E-state index contributed by atoms with van der Waals surface area (Å²) in [4.78, 5) is 15.5. The molecule has 0 spiro atoms. The lowest BCUT2D eigenvalue weighted by molar-refractivity contribution is -0.122. The molecule has 3 N–H and O–H groups in total. The number of likely N-dealkylation sites (tertiary alicyclic amines) is 1. The van der Waals surface area contributed by atoms with Gasteiger partial charge in [0.1, 0.15) is 6.04 Å². The summed E-state index contributed by atoms with van der Waals surface area (Å²) in [6.07, 6.45) is 4.09. The third kappa shape index (κ3) is 7.91. The fraction of sp³-hybridized carbons (Fsp3) is 0.310. The van der Waals surface area contributed by atoms with Crippen molar-refractivity contribution in [2.45, 2.75) is 31.7 Å². The molecule has 0 unspecified atom stereocenters. The van der Waals surface area contributed by atoms with Crippen molar-refractivity contribution in [3.05, 3.63) is 90.5 Å². The van der Waals surface area contributed by atoms with Crippen molar-refractivity contribution in [1.82, 2.24) is 15.5 Å². The zero-order chi connectivity index (χ0) is 24.3. The smallest absolute Gasteiger partial charge is 0.242 e. The van der Waals surface area contributed by atoms with Crippen molar-refractivity contribution in [3.63, 3.8) is 0 Å². The van der Waals surface area contributed by atoms with Crippen molar-refractivity contribution in [2.24, 2.45) is 0 Å². The summed E-state index contributed by atoms with van der Waals surface area (Å²) in [5.74, 6) is -0.0288. The molecule has 35 heavy (non-hydrogen) atoms. The van der Waals surface area contributed by atoms with Gasteiger partial charge in [0.15, 0.2) is 5.11 Å². The van der Waals surface area contributed by atoms with Crippen LogP contribution in [0.5, 0.6) is 0 Å². The number of amides is 1. The van der Waals surface area contributed by atoms with E-state index in [2.05, 4.69) is 45.1 Å². The lowest BCUT2D eigenvalue weighted by Gasteiger charge is -2.21. The number of hydrogen-bond donors (Lipinski definition) is 3. The number of carbonyl (C=O) groups is 1. The van der Waals surface area contributed by atoms with E-state index in [4.69, 9.17) is 12.2 Å². The lowest BCUT2D eigenvalue weighted by atomic mass is 10.1. The van der Waals surface area contributed by atoms with Crippen molar-refractivity contribution in [2.75, 3.05) is 31.5 Å². The van der Waals surface area contributed by atoms with Gasteiger partial charge in [0.05, 0.1) is 0 Å². The Morgan fingerprint density at radius 3 is 2.17 bits per heavy atom. The first-order chi connectivity index (χ1) is 17.2. The topological polar surface area (TPSA) is 56.4 Å². The van der Waals surface area contributed by atoms with E-state index in [-0.39, 0.29) is 5.91 Å². The first-order valence-corrected chi connectivity index (χ1v) is 12.9. The van der Waals surface area contributed by atoms with Gasteiger partial charge >= 0.3 is 0 Å². The molecule has 0 aromatic heterocycles. The van der Waals surface area contributed by atoms with E-state index >= 15 is 0 Å². The number of hydrogen-bond acceptors (Lipinski definition) is 3. The Labute approximate surface area is 213 Å². The van der Waals surface area contributed by atoms with Crippen LogP contribution in [0.2, 0.25) is 0 Å². The molecule has 1 aliphatic heterocycles. The van der Waals surface area contributed by atoms with Crippen molar-refractivity contribution >= 4 is 28.9 Å². The number of rotatable bonds is 10. The third-order valence-corrected chi connectivity index (χ3v) is 6.52. The van der Waals surface area contributed by atoms with Crippen molar-refractivity contribution in [1.29, 1.82) is 0 Å². The van der Waals surface area contributed by atoms with Crippen LogP contribution in [0.1, 0.15) is 24.8 Å². The van der Waals surface area contributed by atoms with Crippen LogP contribution in [0.25, 0.3) is 11.1 Å². The van der Waals surface area contributed by atoms with Crippen molar-refractivity contribution < 1.29 is 4.79 Å². The van der Waals surface area contributed by atoms with Gasteiger partial charge in [0, 0.05) is 18.7 Å². The molecule has 4 rings (SSSR count). The van der Waals surface area contributed by atoms with E-state index < -0.39 is 6.04 Å². The Morgan fingerprint density at radius 1 is 0.857 bits per heavy atom. The fourth-order valence-corrected chi connectivity index (χ4v) is 4.66. The third-order valence-electron chi connectivity index (χ3n) is 6.30. The Morgan fingerprint density at radius 2 is 1.49 bits per heavy atom. The lowest BCUT2D eigenvalue weighted by Crippen LogP contribution is -2.49. The van der Waals surface area contributed by atoms with Crippen LogP contribution in [-0.2, 0) is 11.2 Å². The average molecular weight is 487 g/mol. The maximum absolute atomic E-state index is 13.1. The summed E-state index contributed by atoms with van der Waals surface area (Å²) in [5.41, 5.74) is 4.29. The first-order valence-electron chi connectivity index (χ1n) is 12.4. The molecule has 1 aliphatic rings. The Kier molecular flexibility index (Phi) is 9.26. The molecule has 0 aliphatic carbocycles. The first kappa shape index (κ1) is 24.9. The minimum Gasteiger partial charge on any atom is -0.354 e.